The predicted octanol–water partition coefficient (Wildman–Crippen LogP) is 0.560. The Morgan fingerprint density at radius 3 is 1.97 bits per heavy atom. The highest BCUT2D eigenvalue weighted by Gasteiger charge is 2.53. The number of benzene rings is 1. The van der Waals surface area contributed by atoms with Gasteiger partial charge in [0.2, 0.25) is 18.1 Å². The summed E-state index contributed by atoms with van der Waals surface area (Å²) in [5.41, 5.74) is 0. The van der Waals surface area contributed by atoms with Crippen molar-refractivity contribution in [2.75, 3.05) is 6.61 Å². The van der Waals surface area contributed by atoms with Gasteiger partial charge in [-0.25, -0.2) is 0 Å². The van der Waals surface area contributed by atoms with Crippen molar-refractivity contribution in [1.82, 2.24) is 0 Å². The largest absolute Gasteiger partial charge is 0.504 e. The Labute approximate surface area is 182 Å². The molecule has 1 aromatic rings. The maximum atomic E-state index is 11.8. The molecule has 0 aliphatic carbocycles. The van der Waals surface area contributed by atoms with Crippen molar-refractivity contribution in [2.24, 2.45) is 0 Å². The van der Waals surface area contributed by atoms with E-state index in [1.54, 1.807) is 0 Å². The molecular weight excluding hydrogens is 432 g/mol. The molecule has 1 fully saturated rings. The number of hydrogen-bond acceptors (Lipinski definition) is 12. The van der Waals surface area contributed by atoms with E-state index in [1.807, 2.05) is 0 Å². The quantitative estimate of drug-likeness (QED) is 0.333. The van der Waals surface area contributed by atoms with Gasteiger partial charge in [0.25, 0.3) is 0 Å². The van der Waals surface area contributed by atoms with Crippen molar-refractivity contribution in [3.8, 4) is 17.2 Å². The van der Waals surface area contributed by atoms with Crippen LogP contribution in [-0.2, 0) is 42.9 Å². The Morgan fingerprint density at radius 1 is 0.844 bits per heavy atom. The Bertz CT molecular complexity index is 866. The Balaban J connectivity index is 2.49. The number of aromatic hydroxyl groups is 2. The second-order valence-corrected chi connectivity index (χ2v) is 6.81. The van der Waals surface area contributed by atoms with Gasteiger partial charge in [0, 0.05) is 27.7 Å². The lowest BCUT2D eigenvalue weighted by molar-refractivity contribution is -0.288. The first-order chi connectivity index (χ1) is 15.0. The average molecular weight is 456 g/mol. The second-order valence-electron chi connectivity index (χ2n) is 6.81. The third-order valence-corrected chi connectivity index (χ3v) is 4.17. The second kappa shape index (κ2) is 10.7. The number of rotatable bonds is 7. The van der Waals surface area contributed by atoms with Gasteiger partial charge in [-0.05, 0) is 12.1 Å². The van der Waals surface area contributed by atoms with Crippen molar-refractivity contribution in [2.45, 2.75) is 58.4 Å². The van der Waals surface area contributed by atoms with Gasteiger partial charge in [0.1, 0.15) is 12.7 Å². The van der Waals surface area contributed by atoms with E-state index in [4.69, 9.17) is 28.4 Å². The molecule has 12 heteroatoms. The van der Waals surface area contributed by atoms with Gasteiger partial charge in [-0.1, -0.05) is 6.07 Å². The number of phenols is 2. The van der Waals surface area contributed by atoms with Gasteiger partial charge in [-0.15, -0.1) is 0 Å². The summed E-state index contributed by atoms with van der Waals surface area (Å²) in [5, 5.41) is 19.8. The summed E-state index contributed by atoms with van der Waals surface area (Å²) in [4.78, 5) is 46.5. The lowest BCUT2D eigenvalue weighted by Crippen LogP contribution is -2.63. The van der Waals surface area contributed by atoms with Crippen LogP contribution in [0.3, 0.4) is 0 Å². The van der Waals surface area contributed by atoms with Crippen molar-refractivity contribution in [3.63, 3.8) is 0 Å². The lowest BCUT2D eigenvalue weighted by Gasteiger charge is -2.43. The van der Waals surface area contributed by atoms with E-state index >= 15 is 0 Å². The zero-order chi connectivity index (χ0) is 24.0. The third kappa shape index (κ3) is 6.48. The molecule has 1 aromatic carbocycles. The molecule has 0 unspecified atom stereocenters. The van der Waals surface area contributed by atoms with E-state index in [1.165, 1.54) is 18.2 Å². The Kier molecular flexibility index (Phi) is 8.24. The molecule has 0 amide bonds. The minimum atomic E-state index is -1.52. The number of carbonyl (C=O) groups is 4. The Hall–Kier alpha value is -3.54. The molecule has 0 spiro atoms. The first kappa shape index (κ1) is 24.7. The third-order valence-electron chi connectivity index (χ3n) is 4.17. The van der Waals surface area contributed by atoms with Gasteiger partial charge in [-0.3, -0.25) is 19.2 Å². The fourth-order valence-electron chi connectivity index (χ4n) is 3.01. The number of carbonyl (C=O) groups excluding carboxylic acids is 4. The molecule has 32 heavy (non-hydrogen) atoms. The maximum Gasteiger partial charge on any atom is 0.303 e. The van der Waals surface area contributed by atoms with Crippen LogP contribution in [0.2, 0.25) is 0 Å². The summed E-state index contributed by atoms with van der Waals surface area (Å²) in [6, 6.07) is 3.87. The number of esters is 4. The normalized spacial score (nSPS) is 24.7. The molecule has 12 nitrogen and oxygen atoms in total. The molecule has 176 valence electrons. The number of ether oxygens (including phenoxy) is 6. The fourth-order valence-corrected chi connectivity index (χ4v) is 3.01. The summed E-state index contributed by atoms with van der Waals surface area (Å²) in [6.07, 6.45) is -6.94. The summed E-state index contributed by atoms with van der Waals surface area (Å²) in [6.45, 7) is 3.99. The van der Waals surface area contributed by atoms with E-state index < -0.39 is 72.7 Å². The zero-order valence-electron chi connectivity index (χ0n) is 17.8. The minimum Gasteiger partial charge on any atom is -0.504 e. The smallest absolute Gasteiger partial charge is 0.303 e. The predicted molar refractivity (Wildman–Crippen MR) is 102 cm³/mol. The van der Waals surface area contributed by atoms with Crippen LogP contribution in [-0.4, -0.2) is 71.4 Å². The molecule has 1 aliphatic heterocycles. The molecule has 2 rings (SSSR count). The fraction of sp³-hybridized carbons (Fsp3) is 0.500. The number of phenolic OH excluding ortho intramolecular Hbond substituents is 2. The monoisotopic (exact) mass is 456 g/mol. The molecule has 1 saturated heterocycles. The molecule has 0 saturated carbocycles. The van der Waals surface area contributed by atoms with Crippen molar-refractivity contribution < 1.29 is 57.8 Å². The van der Waals surface area contributed by atoms with Gasteiger partial charge in [0.15, 0.2) is 23.7 Å². The van der Waals surface area contributed by atoms with E-state index in [-0.39, 0.29) is 5.75 Å². The topological polar surface area (TPSA) is 164 Å². The maximum absolute atomic E-state index is 11.8. The van der Waals surface area contributed by atoms with Crippen LogP contribution in [0, 0.1) is 0 Å². The molecule has 5 atom stereocenters. The van der Waals surface area contributed by atoms with Crippen LogP contribution in [0.4, 0.5) is 0 Å². The van der Waals surface area contributed by atoms with E-state index in [0.717, 1.165) is 27.7 Å². The summed E-state index contributed by atoms with van der Waals surface area (Å²) in [5.74, 6) is -4.39. The molecule has 0 aromatic heterocycles. The highest BCUT2D eigenvalue weighted by atomic mass is 16.7. The highest BCUT2D eigenvalue weighted by Crippen LogP contribution is 2.38. The molecule has 2 N–H and O–H groups in total. The van der Waals surface area contributed by atoms with E-state index in [2.05, 4.69) is 0 Å². The summed E-state index contributed by atoms with van der Waals surface area (Å²) >= 11 is 0. The Morgan fingerprint density at radius 2 is 1.41 bits per heavy atom. The zero-order valence-corrected chi connectivity index (χ0v) is 17.8. The van der Waals surface area contributed by atoms with Crippen LogP contribution >= 0.6 is 0 Å². The number of para-hydroxylation sites is 1. The number of hydrogen-bond donors (Lipinski definition) is 2. The molecular formula is C20H24O12. The van der Waals surface area contributed by atoms with E-state index in [0.29, 0.717) is 0 Å². The standard InChI is InChI=1S/C20H24O12/c1-9(21)27-8-15-17(28-10(2)22)18(29-11(3)23)19(30-12(4)24)20(32-15)31-14-7-5-6-13(25)16(14)26/h5-7,15,17-20,25-26H,8H2,1-4H3/t15-,17-,18+,19-,20-/m1/s1. The van der Waals surface area contributed by atoms with Crippen LogP contribution in [0.5, 0.6) is 17.2 Å². The van der Waals surface area contributed by atoms with Gasteiger partial charge in [-0.2, -0.15) is 0 Å². The average Bonchev–Trinajstić information content (AvgIpc) is 2.67. The van der Waals surface area contributed by atoms with Crippen LogP contribution in [0.15, 0.2) is 18.2 Å². The van der Waals surface area contributed by atoms with Gasteiger partial charge < -0.3 is 38.6 Å². The highest BCUT2D eigenvalue weighted by molar-refractivity contribution is 5.68. The van der Waals surface area contributed by atoms with E-state index in [9.17, 15) is 29.4 Å². The van der Waals surface area contributed by atoms with Gasteiger partial charge >= 0.3 is 23.9 Å². The summed E-state index contributed by atoms with van der Waals surface area (Å²) < 4.78 is 32.0. The van der Waals surface area contributed by atoms with Crippen molar-refractivity contribution in [1.29, 1.82) is 0 Å². The molecule has 0 bridgehead atoms. The van der Waals surface area contributed by atoms with Crippen LogP contribution in [0.25, 0.3) is 0 Å². The SMILES string of the molecule is CC(=O)OC[C@H]1O[C@@H](Oc2cccc(O)c2O)[C@H](OC(C)=O)[C@@H](OC(C)=O)[C@@H]1OC(C)=O. The lowest BCUT2D eigenvalue weighted by atomic mass is 9.98. The minimum absolute atomic E-state index is 0.245. The first-order valence-electron chi connectivity index (χ1n) is 9.47. The van der Waals surface area contributed by atoms with Crippen molar-refractivity contribution >= 4 is 23.9 Å². The van der Waals surface area contributed by atoms with Crippen LogP contribution < -0.4 is 4.74 Å². The van der Waals surface area contributed by atoms with Crippen molar-refractivity contribution in [3.05, 3.63) is 18.2 Å². The first-order valence-corrected chi connectivity index (χ1v) is 9.47. The molecule has 1 heterocycles. The van der Waals surface area contributed by atoms with Crippen LogP contribution in [0.1, 0.15) is 27.7 Å². The summed E-state index contributed by atoms with van der Waals surface area (Å²) in [7, 11) is 0. The van der Waals surface area contributed by atoms with Gasteiger partial charge in [0.05, 0.1) is 0 Å². The molecule has 1 aliphatic rings. The molecule has 0 radical (unpaired) electrons.